The van der Waals surface area contributed by atoms with Crippen LogP contribution in [0.3, 0.4) is 0 Å². The lowest BCUT2D eigenvalue weighted by molar-refractivity contribution is -0.696. The smallest absolute Gasteiger partial charge is 0.169 e. The van der Waals surface area contributed by atoms with Gasteiger partial charge in [0, 0.05) is 29.1 Å². The molecule has 0 aliphatic heterocycles. The SMILES string of the molecule is CCC[n+]1ccc(-c2nc3ccc(Cl)cc3s2)cc1.[I-]. The Kier molecular flexibility index (Phi) is 5.35. The van der Waals surface area contributed by atoms with Crippen molar-refractivity contribution in [2.24, 2.45) is 0 Å². The van der Waals surface area contributed by atoms with Gasteiger partial charge in [0.1, 0.15) is 11.6 Å². The Morgan fingerprint density at radius 2 is 1.95 bits per heavy atom. The van der Waals surface area contributed by atoms with Gasteiger partial charge in [0.25, 0.3) is 0 Å². The Labute approximate surface area is 144 Å². The topological polar surface area (TPSA) is 16.8 Å². The highest BCUT2D eigenvalue weighted by Gasteiger charge is 2.08. The summed E-state index contributed by atoms with van der Waals surface area (Å²) in [5.41, 5.74) is 2.17. The van der Waals surface area contributed by atoms with Gasteiger partial charge in [0.2, 0.25) is 0 Å². The van der Waals surface area contributed by atoms with Crippen LogP contribution in [0.1, 0.15) is 13.3 Å². The van der Waals surface area contributed by atoms with Gasteiger partial charge in [0.05, 0.1) is 10.2 Å². The normalized spacial score (nSPS) is 10.5. The van der Waals surface area contributed by atoms with Crippen LogP contribution in [0.2, 0.25) is 5.02 Å². The molecule has 0 N–H and O–H groups in total. The molecule has 3 rings (SSSR count). The van der Waals surface area contributed by atoms with E-state index in [-0.39, 0.29) is 24.0 Å². The van der Waals surface area contributed by atoms with E-state index in [0.717, 1.165) is 38.8 Å². The number of benzene rings is 1. The van der Waals surface area contributed by atoms with Crippen molar-refractivity contribution in [1.82, 2.24) is 4.98 Å². The lowest BCUT2D eigenvalue weighted by Crippen LogP contribution is -3.00. The molecule has 104 valence electrons. The lowest BCUT2D eigenvalue weighted by atomic mass is 10.3. The zero-order valence-electron chi connectivity index (χ0n) is 11.0. The van der Waals surface area contributed by atoms with Crippen molar-refractivity contribution in [1.29, 1.82) is 0 Å². The van der Waals surface area contributed by atoms with Gasteiger partial charge in [-0.25, -0.2) is 9.55 Å². The van der Waals surface area contributed by atoms with Crippen molar-refractivity contribution in [3.05, 3.63) is 47.7 Å². The van der Waals surface area contributed by atoms with Gasteiger partial charge < -0.3 is 24.0 Å². The van der Waals surface area contributed by atoms with Crippen molar-refractivity contribution in [2.75, 3.05) is 0 Å². The maximum absolute atomic E-state index is 6.01. The summed E-state index contributed by atoms with van der Waals surface area (Å²) < 4.78 is 3.32. The van der Waals surface area contributed by atoms with E-state index < -0.39 is 0 Å². The zero-order valence-corrected chi connectivity index (χ0v) is 14.7. The van der Waals surface area contributed by atoms with E-state index in [0.29, 0.717) is 0 Å². The van der Waals surface area contributed by atoms with Crippen LogP contribution in [0.5, 0.6) is 0 Å². The summed E-state index contributed by atoms with van der Waals surface area (Å²) in [5, 5.41) is 1.80. The summed E-state index contributed by atoms with van der Waals surface area (Å²) in [7, 11) is 0. The molecule has 0 spiro atoms. The molecule has 0 bridgehead atoms. The fourth-order valence-electron chi connectivity index (χ4n) is 2.03. The molecule has 0 aliphatic rings. The van der Waals surface area contributed by atoms with Crippen LogP contribution in [-0.2, 0) is 6.54 Å². The minimum atomic E-state index is 0. The monoisotopic (exact) mass is 416 g/mol. The van der Waals surface area contributed by atoms with Crippen molar-refractivity contribution >= 4 is 33.2 Å². The molecular weight excluding hydrogens is 403 g/mol. The van der Waals surface area contributed by atoms with E-state index in [4.69, 9.17) is 11.6 Å². The van der Waals surface area contributed by atoms with E-state index in [1.165, 1.54) is 0 Å². The molecular formula is C15H14ClIN2S. The molecule has 2 nitrogen and oxygen atoms in total. The molecule has 0 amide bonds. The van der Waals surface area contributed by atoms with Crippen LogP contribution in [0.25, 0.3) is 20.8 Å². The molecule has 0 saturated carbocycles. The second-order valence-corrected chi connectivity index (χ2v) is 5.92. The molecule has 0 fully saturated rings. The van der Waals surface area contributed by atoms with E-state index in [1.54, 1.807) is 11.3 Å². The Hall–Kier alpha value is -0.720. The molecule has 5 heteroatoms. The molecule has 2 heterocycles. The quantitative estimate of drug-likeness (QED) is 0.465. The van der Waals surface area contributed by atoms with Crippen molar-refractivity contribution in [2.45, 2.75) is 19.9 Å². The van der Waals surface area contributed by atoms with E-state index >= 15 is 0 Å². The number of nitrogens with zero attached hydrogens (tertiary/aromatic N) is 2. The number of aromatic nitrogens is 2. The first kappa shape index (κ1) is 15.7. The molecule has 20 heavy (non-hydrogen) atoms. The third-order valence-electron chi connectivity index (χ3n) is 2.97. The molecule has 0 unspecified atom stereocenters. The van der Waals surface area contributed by atoms with Gasteiger partial charge in [-0.05, 0) is 18.2 Å². The van der Waals surface area contributed by atoms with Gasteiger partial charge >= 0.3 is 0 Å². The molecule has 3 aromatic rings. The van der Waals surface area contributed by atoms with Crippen molar-refractivity contribution in [3.8, 4) is 10.6 Å². The summed E-state index contributed by atoms with van der Waals surface area (Å²) in [6.45, 7) is 3.23. The van der Waals surface area contributed by atoms with Crippen LogP contribution in [0.15, 0.2) is 42.7 Å². The predicted octanol–water partition coefficient (Wildman–Crippen LogP) is 1.32. The van der Waals surface area contributed by atoms with Gasteiger partial charge in [0.15, 0.2) is 12.4 Å². The number of rotatable bonds is 3. The number of thiazole rings is 1. The van der Waals surface area contributed by atoms with E-state index in [9.17, 15) is 0 Å². The molecule has 0 aliphatic carbocycles. The van der Waals surface area contributed by atoms with Crippen LogP contribution >= 0.6 is 22.9 Å². The Morgan fingerprint density at radius 3 is 2.65 bits per heavy atom. The Morgan fingerprint density at radius 1 is 1.20 bits per heavy atom. The van der Waals surface area contributed by atoms with Crippen molar-refractivity contribution < 1.29 is 28.5 Å². The number of aryl methyl sites for hydroxylation is 1. The zero-order chi connectivity index (χ0) is 13.2. The fourth-order valence-corrected chi connectivity index (χ4v) is 3.28. The first-order valence-electron chi connectivity index (χ1n) is 6.32. The maximum Gasteiger partial charge on any atom is 0.169 e. The van der Waals surface area contributed by atoms with E-state index in [1.807, 2.05) is 18.2 Å². The number of hydrogen-bond donors (Lipinski definition) is 0. The van der Waals surface area contributed by atoms with Crippen LogP contribution < -0.4 is 28.5 Å². The van der Waals surface area contributed by atoms with Crippen LogP contribution in [0.4, 0.5) is 0 Å². The minimum Gasteiger partial charge on any atom is -1.00 e. The first-order valence-corrected chi connectivity index (χ1v) is 7.51. The van der Waals surface area contributed by atoms with Gasteiger partial charge in [-0.2, -0.15) is 0 Å². The molecule has 0 saturated heterocycles. The average Bonchev–Trinajstić information content (AvgIpc) is 2.83. The fraction of sp³-hybridized carbons (Fsp3) is 0.200. The minimum absolute atomic E-state index is 0. The second-order valence-electron chi connectivity index (χ2n) is 4.46. The summed E-state index contributed by atoms with van der Waals surface area (Å²) in [5.74, 6) is 0. The second kappa shape index (κ2) is 6.83. The Bertz CT molecular complexity index is 709. The maximum atomic E-state index is 6.01. The molecule has 2 aromatic heterocycles. The predicted molar refractivity (Wildman–Crippen MR) is 80.6 cm³/mol. The number of pyridine rings is 1. The van der Waals surface area contributed by atoms with Crippen molar-refractivity contribution in [3.63, 3.8) is 0 Å². The summed E-state index contributed by atoms with van der Waals surface area (Å²) in [6.07, 6.45) is 5.36. The van der Waals surface area contributed by atoms with Gasteiger partial charge in [-0.15, -0.1) is 11.3 Å². The molecule has 0 atom stereocenters. The van der Waals surface area contributed by atoms with E-state index in [2.05, 4.69) is 41.0 Å². The summed E-state index contributed by atoms with van der Waals surface area (Å²) >= 11 is 7.68. The largest absolute Gasteiger partial charge is 1.00 e. The molecule has 0 radical (unpaired) electrons. The van der Waals surface area contributed by atoms with Crippen LogP contribution in [-0.4, -0.2) is 4.98 Å². The summed E-state index contributed by atoms with van der Waals surface area (Å²) in [4.78, 5) is 4.65. The van der Waals surface area contributed by atoms with Crippen LogP contribution in [0, 0.1) is 0 Å². The first-order chi connectivity index (χ1) is 9.26. The highest BCUT2D eigenvalue weighted by Crippen LogP contribution is 2.31. The number of halogens is 2. The number of fused-ring (bicyclic) bond motifs is 1. The average molecular weight is 417 g/mol. The molecule has 1 aromatic carbocycles. The number of hydrogen-bond acceptors (Lipinski definition) is 2. The van der Waals surface area contributed by atoms with Gasteiger partial charge in [-0.3, -0.25) is 0 Å². The highest BCUT2D eigenvalue weighted by atomic mass is 127. The standard InChI is InChI=1S/C15H14ClN2S.HI/c1-2-7-18-8-5-11(6-9-18)15-17-13-4-3-12(16)10-14(13)19-15;/h3-6,8-10H,2,7H2,1H3;1H/q+1;/p-1. The van der Waals surface area contributed by atoms with Gasteiger partial charge in [-0.1, -0.05) is 18.5 Å². The highest BCUT2D eigenvalue weighted by molar-refractivity contribution is 7.21. The lowest BCUT2D eigenvalue weighted by Gasteiger charge is -1.95. The Balaban J connectivity index is 0.00000147. The third kappa shape index (κ3) is 3.30. The third-order valence-corrected chi connectivity index (χ3v) is 4.27. The summed E-state index contributed by atoms with van der Waals surface area (Å²) in [6, 6.07) is 10.1.